The zero-order valence-electron chi connectivity index (χ0n) is 16.9. The second-order valence-corrected chi connectivity index (χ2v) is 7.64. The Morgan fingerprint density at radius 3 is 2.64 bits per heavy atom. The predicted molar refractivity (Wildman–Crippen MR) is 109 cm³/mol. The Labute approximate surface area is 166 Å². The molecule has 0 aliphatic carbocycles. The molecular weight excluding hydrogens is 358 g/mol. The van der Waals surface area contributed by atoms with Gasteiger partial charge in [-0.3, -0.25) is 14.5 Å². The van der Waals surface area contributed by atoms with E-state index in [9.17, 15) is 9.59 Å². The fourth-order valence-electron chi connectivity index (χ4n) is 3.86. The number of piperidine rings is 1. The molecule has 8 nitrogen and oxygen atoms in total. The third-order valence-corrected chi connectivity index (χ3v) is 5.58. The van der Waals surface area contributed by atoms with Crippen molar-refractivity contribution in [3.8, 4) is 0 Å². The fourth-order valence-corrected chi connectivity index (χ4v) is 3.86. The second-order valence-electron chi connectivity index (χ2n) is 7.64. The number of ether oxygens (including phenoxy) is 1. The predicted octanol–water partition coefficient (Wildman–Crippen LogP) is 0.708. The van der Waals surface area contributed by atoms with Crippen LogP contribution < -0.4 is 15.8 Å². The van der Waals surface area contributed by atoms with E-state index in [1.807, 2.05) is 6.92 Å². The molecule has 8 heteroatoms. The van der Waals surface area contributed by atoms with Gasteiger partial charge in [0.2, 0.25) is 5.91 Å². The molecule has 156 valence electrons. The van der Waals surface area contributed by atoms with Crippen LogP contribution in [0, 0.1) is 5.92 Å². The SMILES string of the molecule is CCCn1ncc(N2CCC(C(=O)NCCCN3CCOCC3)CC2)cc1=O. The van der Waals surface area contributed by atoms with Gasteiger partial charge >= 0.3 is 0 Å². The van der Waals surface area contributed by atoms with Crippen LogP contribution in [-0.2, 0) is 16.1 Å². The van der Waals surface area contributed by atoms with E-state index in [1.54, 1.807) is 12.3 Å². The average molecular weight is 392 g/mol. The summed E-state index contributed by atoms with van der Waals surface area (Å²) in [6, 6.07) is 1.66. The van der Waals surface area contributed by atoms with E-state index in [2.05, 4.69) is 20.2 Å². The van der Waals surface area contributed by atoms with Crippen molar-refractivity contribution in [1.29, 1.82) is 0 Å². The molecule has 1 N–H and O–H groups in total. The largest absolute Gasteiger partial charge is 0.379 e. The van der Waals surface area contributed by atoms with Crippen molar-refractivity contribution in [2.75, 3.05) is 57.4 Å². The number of aryl methyl sites for hydroxylation is 1. The summed E-state index contributed by atoms with van der Waals surface area (Å²) in [6.45, 7) is 9.59. The third kappa shape index (κ3) is 5.78. The molecule has 2 fully saturated rings. The Bertz CT molecular complexity index is 679. The van der Waals surface area contributed by atoms with Crippen LogP contribution in [-0.4, -0.2) is 73.1 Å². The van der Waals surface area contributed by atoms with Gasteiger partial charge in [0.1, 0.15) is 0 Å². The molecule has 0 radical (unpaired) electrons. The number of hydrogen-bond donors (Lipinski definition) is 1. The molecule has 1 aromatic heterocycles. The first-order chi connectivity index (χ1) is 13.7. The molecule has 0 unspecified atom stereocenters. The number of morpholine rings is 1. The number of hydrogen-bond acceptors (Lipinski definition) is 6. The highest BCUT2D eigenvalue weighted by Gasteiger charge is 2.25. The molecule has 0 saturated carbocycles. The first-order valence-corrected chi connectivity index (χ1v) is 10.6. The molecular formula is C20H33N5O3. The number of nitrogens with zero attached hydrogens (tertiary/aromatic N) is 4. The minimum absolute atomic E-state index is 0.0560. The van der Waals surface area contributed by atoms with E-state index in [0.29, 0.717) is 6.54 Å². The van der Waals surface area contributed by atoms with E-state index in [4.69, 9.17) is 4.74 Å². The van der Waals surface area contributed by atoms with E-state index in [-0.39, 0.29) is 17.4 Å². The first-order valence-electron chi connectivity index (χ1n) is 10.6. The lowest BCUT2D eigenvalue weighted by atomic mass is 9.95. The second kappa shape index (κ2) is 10.6. The minimum Gasteiger partial charge on any atom is -0.379 e. The van der Waals surface area contributed by atoms with Gasteiger partial charge in [0.05, 0.1) is 25.1 Å². The maximum Gasteiger partial charge on any atom is 0.268 e. The van der Waals surface area contributed by atoms with Gasteiger partial charge in [-0.15, -0.1) is 0 Å². The molecule has 3 heterocycles. The van der Waals surface area contributed by atoms with Crippen molar-refractivity contribution in [3.05, 3.63) is 22.6 Å². The topological polar surface area (TPSA) is 79.7 Å². The lowest BCUT2D eigenvalue weighted by Crippen LogP contribution is -2.42. The zero-order valence-corrected chi connectivity index (χ0v) is 16.9. The van der Waals surface area contributed by atoms with E-state index < -0.39 is 0 Å². The maximum absolute atomic E-state index is 12.4. The summed E-state index contributed by atoms with van der Waals surface area (Å²) in [5.74, 6) is 0.228. The highest BCUT2D eigenvalue weighted by molar-refractivity contribution is 5.78. The van der Waals surface area contributed by atoms with E-state index >= 15 is 0 Å². The smallest absolute Gasteiger partial charge is 0.268 e. The first kappa shape index (κ1) is 20.8. The van der Waals surface area contributed by atoms with E-state index in [0.717, 1.165) is 83.9 Å². The highest BCUT2D eigenvalue weighted by atomic mass is 16.5. The number of aromatic nitrogens is 2. The Morgan fingerprint density at radius 2 is 1.96 bits per heavy atom. The Morgan fingerprint density at radius 1 is 1.21 bits per heavy atom. The summed E-state index contributed by atoms with van der Waals surface area (Å²) in [5, 5.41) is 7.35. The zero-order chi connectivity index (χ0) is 19.8. The van der Waals surface area contributed by atoms with Crippen LogP contribution in [0.3, 0.4) is 0 Å². The van der Waals surface area contributed by atoms with Gasteiger partial charge in [-0.05, 0) is 32.2 Å². The van der Waals surface area contributed by atoms with E-state index in [1.165, 1.54) is 4.68 Å². The van der Waals surface area contributed by atoms with Gasteiger partial charge in [0, 0.05) is 51.3 Å². The van der Waals surface area contributed by atoms with Crippen LogP contribution in [0.5, 0.6) is 0 Å². The van der Waals surface area contributed by atoms with Crippen molar-refractivity contribution >= 4 is 11.6 Å². The number of anilines is 1. The van der Waals surface area contributed by atoms with Gasteiger partial charge in [-0.2, -0.15) is 5.10 Å². The lowest BCUT2D eigenvalue weighted by molar-refractivity contribution is -0.125. The van der Waals surface area contributed by atoms with Crippen LogP contribution in [0.25, 0.3) is 0 Å². The normalized spacial score (nSPS) is 19.0. The highest BCUT2D eigenvalue weighted by Crippen LogP contribution is 2.22. The fraction of sp³-hybridized carbons (Fsp3) is 0.750. The minimum atomic E-state index is -0.0560. The van der Waals surface area contributed by atoms with Gasteiger partial charge in [-0.1, -0.05) is 6.92 Å². The van der Waals surface area contributed by atoms with Gasteiger partial charge in [0.25, 0.3) is 5.56 Å². The number of nitrogens with one attached hydrogen (secondary N) is 1. The summed E-state index contributed by atoms with van der Waals surface area (Å²) in [7, 11) is 0. The molecule has 0 spiro atoms. The van der Waals surface area contributed by atoms with Crippen molar-refractivity contribution < 1.29 is 9.53 Å². The van der Waals surface area contributed by atoms with Crippen molar-refractivity contribution in [3.63, 3.8) is 0 Å². The summed E-state index contributed by atoms with van der Waals surface area (Å²) in [5.41, 5.74) is 0.807. The van der Waals surface area contributed by atoms with Crippen LogP contribution in [0.1, 0.15) is 32.6 Å². The molecule has 3 rings (SSSR count). The average Bonchev–Trinajstić information content (AvgIpc) is 2.73. The Kier molecular flexibility index (Phi) is 7.85. The Balaban J connectivity index is 1.37. The maximum atomic E-state index is 12.4. The molecule has 1 aromatic rings. The molecule has 0 aromatic carbocycles. The van der Waals surface area contributed by atoms with Gasteiger partial charge in [-0.25, -0.2) is 4.68 Å². The molecule has 1 amide bonds. The lowest BCUT2D eigenvalue weighted by Gasteiger charge is -2.32. The number of amides is 1. The third-order valence-electron chi connectivity index (χ3n) is 5.58. The van der Waals surface area contributed by atoms with Crippen LogP contribution in [0.4, 0.5) is 5.69 Å². The van der Waals surface area contributed by atoms with Crippen LogP contribution in [0.2, 0.25) is 0 Å². The monoisotopic (exact) mass is 391 g/mol. The summed E-state index contributed by atoms with van der Waals surface area (Å²) in [4.78, 5) is 29.1. The van der Waals surface area contributed by atoms with Crippen molar-refractivity contribution in [2.45, 2.75) is 39.2 Å². The summed E-state index contributed by atoms with van der Waals surface area (Å²) >= 11 is 0. The van der Waals surface area contributed by atoms with Crippen LogP contribution in [0.15, 0.2) is 17.1 Å². The standard InChI is InChI=1S/C20H33N5O3/c1-2-7-25-19(26)15-18(16-22-25)24-9-4-17(5-10-24)20(27)21-6-3-8-23-11-13-28-14-12-23/h15-17H,2-14H2,1H3,(H,21,27). The van der Waals surface area contributed by atoms with Gasteiger partial charge in [0.15, 0.2) is 0 Å². The quantitative estimate of drug-likeness (QED) is 0.658. The molecule has 0 atom stereocenters. The van der Waals surface area contributed by atoms with Crippen molar-refractivity contribution in [1.82, 2.24) is 20.0 Å². The molecule has 2 aliphatic rings. The molecule has 2 aliphatic heterocycles. The van der Waals surface area contributed by atoms with Crippen LogP contribution >= 0.6 is 0 Å². The molecule has 28 heavy (non-hydrogen) atoms. The number of carbonyl (C=O) groups is 1. The number of carbonyl (C=O) groups excluding carboxylic acids is 1. The Hall–Kier alpha value is -1.93. The molecule has 0 bridgehead atoms. The molecule has 2 saturated heterocycles. The summed E-state index contributed by atoms with van der Waals surface area (Å²) in [6.07, 6.45) is 5.26. The van der Waals surface area contributed by atoms with Crippen molar-refractivity contribution in [2.24, 2.45) is 5.92 Å². The van der Waals surface area contributed by atoms with Gasteiger partial charge < -0.3 is 15.0 Å². The number of rotatable bonds is 8. The summed E-state index contributed by atoms with van der Waals surface area (Å²) < 4.78 is 6.85.